The highest BCUT2D eigenvalue weighted by Crippen LogP contribution is 2.44. The molecule has 1 saturated carbocycles. The summed E-state index contributed by atoms with van der Waals surface area (Å²) < 4.78 is 0. The van der Waals surface area contributed by atoms with E-state index in [9.17, 15) is 0 Å². The second-order valence-electron chi connectivity index (χ2n) is 5.28. The van der Waals surface area contributed by atoms with E-state index in [0.29, 0.717) is 5.92 Å². The predicted molar refractivity (Wildman–Crippen MR) is 87.8 cm³/mol. The number of hydrogen-bond acceptors (Lipinski definition) is 3. The zero-order valence-corrected chi connectivity index (χ0v) is 12.9. The molecule has 2 heterocycles. The molecule has 1 fully saturated rings. The Labute approximate surface area is 132 Å². The van der Waals surface area contributed by atoms with Gasteiger partial charge >= 0.3 is 0 Å². The molecule has 4 heteroatoms. The first-order valence-corrected chi connectivity index (χ1v) is 8.23. The van der Waals surface area contributed by atoms with Crippen molar-refractivity contribution in [2.24, 2.45) is 0 Å². The van der Waals surface area contributed by atoms with Crippen LogP contribution in [0, 0.1) is 0 Å². The lowest BCUT2D eigenvalue weighted by atomic mass is 10.0. The first-order chi connectivity index (χ1) is 10.3. The van der Waals surface area contributed by atoms with E-state index in [1.165, 1.54) is 24.0 Å². The van der Waals surface area contributed by atoms with E-state index < -0.39 is 0 Å². The van der Waals surface area contributed by atoms with E-state index in [4.69, 9.17) is 16.6 Å². The average Bonchev–Trinajstić information content (AvgIpc) is 3.25. The lowest BCUT2D eigenvalue weighted by molar-refractivity contribution is 1.11. The first kappa shape index (κ1) is 13.0. The zero-order valence-electron chi connectivity index (χ0n) is 11.3. The number of aromatic nitrogens is 2. The van der Waals surface area contributed by atoms with Crippen molar-refractivity contribution in [1.29, 1.82) is 0 Å². The number of nitrogens with zero attached hydrogens (tertiary/aromatic N) is 2. The summed E-state index contributed by atoms with van der Waals surface area (Å²) in [4.78, 5) is 9.06. The quantitative estimate of drug-likeness (QED) is 0.647. The molecule has 3 aromatic rings. The van der Waals surface area contributed by atoms with Crippen LogP contribution in [0.1, 0.15) is 24.3 Å². The maximum absolute atomic E-state index is 5.94. The van der Waals surface area contributed by atoms with Crippen LogP contribution < -0.4 is 0 Å². The van der Waals surface area contributed by atoms with Gasteiger partial charge in [-0.25, -0.2) is 4.98 Å². The van der Waals surface area contributed by atoms with Gasteiger partial charge in [-0.1, -0.05) is 23.7 Å². The molecule has 0 aliphatic heterocycles. The third kappa shape index (κ3) is 2.59. The van der Waals surface area contributed by atoms with Crippen LogP contribution in [0.15, 0.2) is 48.1 Å². The molecule has 0 bridgehead atoms. The van der Waals surface area contributed by atoms with Crippen LogP contribution in [0.2, 0.25) is 5.02 Å². The van der Waals surface area contributed by atoms with Crippen molar-refractivity contribution in [3.8, 4) is 21.8 Å². The number of thiazole rings is 1. The minimum Gasteiger partial charge on any atom is -0.264 e. The molecule has 4 rings (SSSR count). The van der Waals surface area contributed by atoms with Gasteiger partial charge in [-0.15, -0.1) is 11.3 Å². The van der Waals surface area contributed by atoms with Gasteiger partial charge in [0, 0.05) is 33.9 Å². The normalized spacial score (nSPS) is 14.3. The lowest BCUT2D eigenvalue weighted by Gasteiger charge is -2.04. The van der Waals surface area contributed by atoms with Crippen LogP contribution in [-0.2, 0) is 0 Å². The highest BCUT2D eigenvalue weighted by molar-refractivity contribution is 7.13. The minimum absolute atomic E-state index is 0.698. The van der Waals surface area contributed by atoms with E-state index >= 15 is 0 Å². The van der Waals surface area contributed by atoms with Crippen LogP contribution in [0.25, 0.3) is 21.8 Å². The van der Waals surface area contributed by atoms with Crippen molar-refractivity contribution in [2.45, 2.75) is 18.8 Å². The van der Waals surface area contributed by atoms with Crippen LogP contribution in [0.5, 0.6) is 0 Å². The molecule has 0 saturated heterocycles. The summed E-state index contributed by atoms with van der Waals surface area (Å²) in [5, 5.41) is 3.89. The molecule has 0 amide bonds. The summed E-state index contributed by atoms with van der Waals surface area (Å²) >= 11 is 7.60. The fourth-order valence-electron chi connectivity index (χ4n) is 2.49. The Morgan fingerprint density at radius 3 is 2.67 bits per heavy atom. The molecule has 2 nitrogen and oxygen atoms in total. The van der Waals surface area contributed by atoms with Gasteiger partial charge in [0.25, 0.3) is 0 Å². The summed E-state index contributed by atoms with van der Waals surface area (Å²) in [5.41, 5.74) is 4.70. The van der Waals surface area contributed by atoms with Crippen molar-refractivity contribution < 1.29 is 0 Å². The van der Waals surface area contributed by atoms with Crippen molar-refractivity contribution in [3.63, 3.8) is 0 Å². The second-order valence-corrected chi connectivity index (χ2v) is 6.58. The van der Waals surface area contributed by atoms with Crippen LogP contribution >= 0.6 is 22.9 Å². The van der Waals surface area contributed by atoms with Gasteiger partial charge in [-0.05, 0) is 42.5 Å². The maximum atomic E-state index is 5.94. The predicted octanol–water partition coefficient (Wildman–Crippen LogP) is 5.40. The van der Waals surface area contributed by atoms with E-state index in [0.717, 1.165) is 21.3 Å². The molecule has 1 aliphatic rings. The molecule has 0 unspecified atom stereocenters. The van der Waals surface area contributed by atoms with Crippen molar-refractivity contribution in [1.82, 2.24) is 9.97 Å². The summed E-state index contributed by atoms with van der Waals surface area (Å²) in [6.07, 6.45) is 6.38. The van der Waals surface area contributed by atoms with E-state index in [-0.39, 0.29) is 0 Å². The van der Waals surface area contributed by atoms with E-state index in [2.05, 4.69) is 16.4 Å². The van der Waals surface area contributed by atoms with E-state index in [1.807, 2.05) is 36.7 Å². The number of halogens is 1. The van der Waals surface area contributed by atoms with E-state index in [1.54, 1.807) is 11.3 Å². The molecule has 0 N–H and O–H groups in total. The van der Waals surface area contributed by atoms with Crippen molar-refractivity contribution in [3.05, 3.63) is 58.7 Å². The molecule has 1 aliphatic carbocycles. The molecule has 0 radical (unpaired) electrons. The summed E-state index contributed by atoms with van der Waals surface area (Å²) in [6, 6.07) is 9.95. The van der Waals surface area contributed by atoms with Crippen LogP contribution in [0.3, 0.4) is 0 Å². The average molecular weight is 313 g/mol. The number of rotatable bonds is 3. The van der Waals surface area contributed by atoms with Crippen molar-refractivity contribution in [2.75, 3.05) is 0 Å². The summed E-state index contributed by atoms with van der Waals surface area (Å²) in [5.74, 6) is 0.698. The lowest BCUT2D eigenvalue weighted by Crippen LogP contribution is -1.89. The number of benzene rings is 1. The Hall–Kier alpha value is -1.71. The third-order valence-corrected chi connectivity index (χ3v) is 4.89. The van der Waals surface area contributed by atoms with Gasteiger partial charge < -0.3 is 0 Å². The van der Waals surface area contributed by atoms with Gasteiger partial charge in [0.1, 0.15) is 5.01 Å². The Kier molecular flexibility index (Phi) is 3.24. The molecule has 1 aromatic carbocycles. The van der Waals surface area contributed by atoms with Gasteiger partial charge in [0.15, 0.2) is 0 Å². The summed E-state index contributed by atoms with van der Waals surface area (Å²) in [7, 11) is 0. The molecular formula is C17H13ClN2S. The topological polar surface area (TPSA) is 25.8 Å². The molecule has 0 atom stereocenters. The smallest absolute Gasteiger partial charge is 0.124 e. The van der Waals surface area contributed by atoms with Gasteiger partial charge in [-0.2, -0.15) is 0 Å². The Bertz CT molecular complexity index is 775. The first-order valence-electron chi connectivity index (χ1n) is 6.97. The van der Waals surface area contributed by atoms with Crippen LogP contribution in [-0.4, -0.2) is 9.97 Å². The monoisotopic (exact) mass is 312 g/mol. The Balaban J connectivity index is 1.73. The van der Waals surface area contributed by atoms with Gasteiger partial charge in [0.2, 0.25) is 0 Å². The largest absolute Gasteiger partial charge is 0.264 e. The fourth-order valence-corrected chi connectivity index (χ4v) is 3.44. The highest BCUT2D eigenvalue weighted by Gasteiger charge is 2.26. The second kappa shape index (κ2) is 5.24. The standard InChI is InChI=1S/C17H13ClN2S/c18-13-5-3-12(4-6-13)17-20-16(10-21-17)15-9-19-8-7-14(15)11-1-2-11/h3-11H,1-2H2. The Morgan fingerprint density at radius 1 is 1.10 bits per heavy atom. The van der Waals surface area contributed by atoms with Crippen molar-refractivity contribution >= 4 is 22.9 Å². The number of pyridine rings is 1. The third-order valence-electron chi connectivity index (χ3n) is 3.74. The molecule has 21 heavy (non-hydrogen) atoms. The molecule has 104 valence electrons. The Morgan fingerprint density at radius 2 is 1.90 bits per heavy atom. The fraction of sp³-hybridized carbons (Fsp3) is 0.176. The van der Waals surface area contributed by atoms with Gasteiger partial charge in [-0.3, -0.25) is 4.98 Å². The molecule has 0 spiro atoms. The highest BCUT2D eigenvalue weighted by atomic mass is 35.5. The van der Waals surface area contributed by atoms with Crippen LogP contribution in [0.4, 0.5) is 0 Å². The SMILES string of the molecule is Clc1ccc(-c2nc(-c3cnccc3C3CC3)cs2)cc1. The maximum Gasteiger partial charge on any atom is 0.124 e. The molecular weight excluding hydrogens is 300 g/mol. The molecule has 2 aromatic heterocycles. The number of hydrogen-bond donors (Lipinski definition) is 0. The van der Waals surface area contributed by atoms with Gasteiger partial charge in [0.05, 0.1) is 5.69 Å². The zero-order chi connectivity index (χ0) is 14.2. The summed E-state index contributed by atoms with van der Waals surface area (Å²) in [6.45, 7) is 0. The minimum atomic E-state index is 0.698.